The van der Waals surface area contributed by atoms with Gasteiger partial charge in [-0.2, -0.15) is 0 Å². The molecule has 1 aromatic heterocycles. The number of carbonyl (C=O) groups excluding carboxylic acids is 1. The zero-order valence-electron chi connectivity index (χ0n) is 20.4. The van der Waals surface area contributed by atoms with Crippen LogP contribution in [0.1, 0.15) is 65.7 Å². The number of hydrogen-bond donors (Lipinski definition) is 0. The minimum atomic E-state index is -0.406. The third kappa shape index (κ3) is 4.79. The van der Waals surface area contributed by atoms with Crippen molar-refractivity contribution in [2.45, 2.75) is 50.4 Å². The first-order valence-corrected chi connectivity index (χ1v) is 12.7. The van der Waals surface area contributed by atoms with Crippen molar-refractivity contribution in [1.82, 2.24) is 14.9 Å². The van der Waals surface area contributed by atoms with Crippen LogP contribution in [0.5, 0.6) is 0 Å². The number of carbonyl (C=O) groups is 1. The van der Waals surface area contributed by atoms with Crippen molar-refractivity contribution in [3.63, 3.8) is 0 Å². The number of likely N-dealkylation sites (N-methyl/N-ethyl adjacent to an activating group) is 1. The Bertz CT molecular complexity index is 1150. The van der Waals surface area contributed by atoms with Gasteiger partial charge in [0.2, 0.25) is 5.95 Å². The van der Waals surface area contributed by atoms with Crippen LogP contribution in [-0.2, 0) is 11.8 Å². The highest BCUT2D eigenvalue weighted by Crippen LogP contribution is 2.47. The molecule has 3 aromatic rings. The molecule has 0 atom stereocenters. The fourth-order valence-electron chi connectivity index (χ4n) is 5.62. The molecular weight excluding hydrogens is 439 g/mol. The summed E-state index contributed by atoms with van der Waals surface area (Å²) in [6, 6.07) is 17.0. The molecule has 6 heteroatoms. The van der Waals surface area contributed by atoms with Gasteiger partial charge >= 0.3 is 0 Å². The third-order valence-corrected chi connectivity index (χ3v) is 7.63. The van der Waals surface area contributed by atoms with Gasteiger partial charge in [-0.3, -0.25) is 4.79 Å². The quantitative estimate of drug-likeness (QED) is 0.463. The molecule has 1 amide bonds. The normalized spacial score (nSPS) is 17.0. The SMILES string of the molecule is CN(CCc1ccccc1)C(=O)c1cnc(N2CCCC2)nc1C1(c2ccc(F)cc2)CCCC1. The minimum absolute atomic E-state index is 0.0581. The Labute approximate surface area is 207 Å². The van der Waals surface area contributed by atoms with Gasteiger partial charge in [0.25, 0.3) is 5.91 Å². The van der Waals surface area contributed by atoms with Crippen molar-refractivity contribution in [3.8, 4) is 0 Å². The molecular formula is C29H33FN4O. The lowest BCUT2D eigenvalue weighted by atomic mass is 9.74. The molecule has 1 aliphatic carbocycles. The molecule has 5 nitrogen and oxygen atoms in total. The van der Waals surface area contributed by atoms with Crippen molar-refractivity contribution in [3.05, 3.63) is 89.0 Å². The summed E-state index contributed by atoms with van der Waals surface area (Å²) in [5.74, 6) is 0.394. The Kier molecular flexibility index (Phi) is 6.80. The predicted molar refractivity (Wildman–Crippen MR) is 136 cm³/mol. The highest BCUT2D eigenvalue weighted by molar-refractivity contribution is 5.95. The van der Waals surface area contributed by atoms with Crippen LogP contribution in [0.2, 0.25) is 0 Å². The number of anilines is 1. The van der Waals surface area contributed by atoms with Gasteiger partial charge in [0, 0.05) is 38.3 Å². The molecule has 0 bridgehead atoms. The van der Waals surface area contributed by atoms with Gasteiger partial charge in [0.15, 0.2) is 0 Å². The summed E-state index contributed by atoms with van der Waals surface area (Å²) in [6.07, 6.45) is 8.67. The second kappa shape index (κ2) is 10.1. The lowest BCUT2D eigenvalue weighted by Crippen LogP contribution is -2.35. The van der Waals surface area contributed by atoms with Crippen molar-refractivity contribution in [1.29, 1.82) is 0 Å². The maximum absolute atomic E-state index is 13.8. The molecule has 0 spiro atoms. The van der Waals surface area contributed by atoms with Crippen LogP contribution in [0, 0.1) is 5.82 Å². The number of rotatable bonds is 7. The van der Waals surface area contributed by atoms with Crippen LogP contribution >= 0.6 is 0 Å². The summed E-state index contributed by atoms with van der Waals surface area (Å²) in [5.41, 5.74) is 3.19. The topological polar surface area (TPSA) is 49.3 Å². The monoisotopic (exact) mass is 472 g/mol. The minimum Gasteiger partial charge on any atom is -0.341 e. The molecule has 2 heterocycles. The number of nitrogens with zero attached hydrogens (tertiary/aromatic N) is 4. The van der Waals surface area contributed by atoms with Crippen LogP contribution in [0.25, 0.3) is 0 Å². The summed E-state index contributed by atoms with van der Waals surface area (Å²) in [5, 5.41) is 0. The van der Waals surface area contributed by atoms with E-state index in [4.69, 9.17) is 4.98 Å². The fourth-order valence-corrected chi connectivity index (χ4v) is 5.62. The predicted octanol–water partition coefficient (Wildman–Crippen LogP) is 5.39. The Morgan fingerprint density at radius 2 is 1.69 bits per heavy atom. The van der Waals surface area contributed by atoms with Gasteiger partial charge in [-0.05, 0) is 55.4 Å². The van der Waals surface area contributed by atoms with E-state index in [1.807, 2.05) is 37.4 Å². The van der Waals surface area contributed by atoms with E-state index in [1.54, 1.807) is 11.1 Å². The molecule has 1 aliphatic heterocycles. The highest BCUT2D eigenvalue weighted by atomic mass is 19.1. The molecule has 0 N–H and O–H groups in total. The molecule has 2 aliphatic rings. The molecule has 1 saturated carbocycles. The number of amides is 1. The molecule has 0 unspecified atom stereocenters. The van der Waals surface area contributed by atoms with E-state index >= 15 is 0 Å². The molecule has 5 rings (SSSR count). The van der Waals surface area contributed by atoms with Gasteiger partial charge in [-0.1, -0.05) is 55.3 Å². The number of hydrogen-bond acceptors (Lipinski definition) is 4. The van der Waals surface area contributed by atoms with E-state index in [1.165, 1.54) is 17.7 Å². The second-order valence-electron chi connectivity index (χ2n) is 9.88. The van der Waals surface area contributed by atoms with Crippen LogP contribution < -0.4 is 4.90 Å². The molecule has 2 aromatic carbocycles. The average molecular weight is 473 g/mol. The summed E-state index contributed by atoms with van der Waals surface area (Å²) < 4.78 is 13.8. The lowest BCUT2D eigenvalue weighted by molar-refractivity contribution is 0.0793. The van der Waals surface area contributed by atoms with Gasteiger partial charge in [0.1, 0.15) is 5.82 Å². The summed E-state index contributed by atoms with van der Waals surface area (Å²) in [7, 11) is 1.85. The number of aromatic nitrogens is 2. The van der Waals surface area contributed by atoms with Gasteiger partial charge < -0.3 is 9.80 Å². The van der Waals surface area contributed by atoms with E-state index in [2.05, 4.69) is 22.0 Å². The van der Waals surface area contributed by atoms with Gasteiger partial charge in [0.05, 0.1) is 11.3 Å². The molecule has 35 heavy (non-hydrogen) atoms. The molecule has 1 saturated heterocycles. The fraction of sp³-hybridized carbons (Fsp3) is 0.414. The molecule has 182 valence electrons. The first kappa shape index (κ1) is 23.5. The third-order valence-electron chi connectivity index (χ3n) is 7.63. The summed E-state index contributed by atoms with van der Waals surface area (Å²) in [6.45, 7) is 2.49. The highest BCUT2D eigenvalue weighted by Gasteiger charge is 2.42. The van der Waals surface area contributed by atoms with Crippen LogP contribution in [0.4, 0.5) is 10.3 Å². The average Bonchev–Trinajstić information content (AvgIpc) is 3.61. The van der Waals surface area contributed by atoms with Gasteiger partial charge in [-0.25, -0.2) is 14.4 Å². The van der Waals surface area contributed by atoms with Crippen LogP contribution in [-0.4, -0.2) is 47.5 Å². The Balaban J connectivity index is 1.53. The van der Waals surface area contributed by atoms with Crippen molar-refractivity contribution in [2.24, 2.45) is 0 Å². The Morgan fingerprint density at radius 3 is 2.37 bits per heavy atom. The lowest BCUT2D eigenvalue weighted by Gasteiger charge is -2.32. The second-order valence-corrected chi connectivity index (χ2v) is 9.88. The largest absolute Gasteiger partial charge is 0.341 e. The van der Waals surface area contributed by atoms with E-state index in [0.717, 1.165) is 69.3 Å². The Morgan fingerprint density at radius 1 is 1.00 bits per heavy atom. The van der Waals surface area contributed by atoms with Crippen molar-refractivity contribution in [2.75, 3.05) is 31.6 Å². The first-order chi connectivity index (χ1) is 17.1. The standard InChI is InChI=1S/C29H33FN4O/c1-33(20-15-22-9-3-2-4-10-22)27(35)25-21-31-28(34-18-7-8-19-34)32-26(25)29(16-5-6-17-29)23-11-13-24(30)14-12-23/h2-4,9-14,21H,5-8,15-20H2,1H3. The summed E-state index contributed by atoms with van der Waals surface area (Å²) >= 11 is 0. The smallest absolute Gasteiger partial charge is 0.257 e. The number of benzene rings is 2. The summed E-state index contributed by atoms with van der Waals surface area (Å²) in [4.78, 5) is 27.5. The molecule has 0 radical (unpaired) electrons. The van der Waals surface area contributed by atoms with Crippen LogP contribution in [0.3, 0.4) is 0 Å². The van der Waals surface area contributed by atoms with E-state index in [0.29, 0.717) is 18.1 Å². The maximum Gasteiger partial charge on any atom is 0.257 e. The zero-order chi connectivity index (χ0) is 24.3. The number of halogens is 1. The van der Waals surface area contributed by atoms with E-state index < -0.39 is 5.41 Å². The van der Waals surface area contributed by atoms with E-state index in [-0.39, 0.29) is 11.7 Å². The van der Waals surface area contributed by atoms with Crippen LogP contribution in [0.15, 0.2) is 60.8 Å². The first-order valence-electron chi connectivity index (χ1n) is 12.7. The van der Waals surface area contributed by atoms with Crippen molar-refractivity contribution >= 4 is 11.9 Å². The molecule has 2 fully saturated rings. The maximum atomic E-state index is 13.8. The van der Waals surface area contributed by atoms with E-state index in [9.17, 15) is 9.18 Å². The van der Waals surface area contributed by atoms with Crippen molar-refractivity contribution < 1.29 is 9.18 Å². The zero-order valence-corrected chi connectivity index (χ0v) is 20.4. The Hall–Kier alpha value is -3.28. The van der Waals surface area contributed by atoms with Gasteiger partial charge in [-0.15, -0.1) is 0 Å².